The van der Waals surface area contributed by atoms with Crippen molar-refractivity contribution in [3.05, 3.63) is 70.1 Å². The van der Waals surface area contributed by atoms with Crippen molar-refractivity contribution in [1.29, 1.82) is 0 Å². The summed E-state index contributed by atoms with van der Waals surface area (Å²) in [5.41, 5.74) is 3.11. The lowest BCUT2D eigenvalue weighted by atomic mass is 10.1. The van der Waals surface area contributed by atoms with Gasteiger partial charge in [0.05, 0.1) is 0 Å². The highest BCUT2D eigenvalue weighted by Crippen LogP contribution is 2.30. The van der Waals surface area contributed by atoms with E-state index in [1.54, 1.807) is 0 Å². The lowest BCUT2D eigenvalue weighted by molar-refractivity contribution is 0.0953. The molecule has 0 aliphatic heterocycles. The van der Waals surface area contributed by atoms with Crippen molar-refractivity contribution in [1.82, 2.24) is 5.32 Å². The van der Waals surface area contributed by atoms with Crippen LogP contribution in [0, 0.1) is 13.8 Å². The molecule has 1 N–H and O–H groups in total. The second-order valence-electron chi connectivity index (χ2n) is 5.47. The van der Waals surface area contributed by atoms with Gasteiger partial charge >= 0.3 is 0 Å². The van der Waals surface area contributed by atoms with Crippen molar-refractivity contribution >= 4 is 27.3 Å². The van der Waals surface area contributed by atoms with Gasteiger partial charge in [0, 0.05) is 21.7 Å². The summed E-state index contributed by atoms with van der Waals surface area (Å²) in [4.78, 5) is 13.6. The Balaban J connectivity index is 1.66. The number of rotatable bonds is 4. The zero-order chi connectivity index (χ0) is 15.5. The normalized spacial score (nSPS) is 10.8. The highest BCUT2D eigenvalue weighted by atomic mass is 32.1. The number of amides is 1. The fraction of sp³-hybridized carbons (Fsp3) is 0.211. The van der Waals surface area contributed by atoms with Crippen LogP contribution in [0.4, 0.5) is 0 Å². The molecule has 0 aliphatic rings. The summed E-state index contributed by atoms with van der Waals surface area (Å²) in [5, 5.41) is 4.35. The van der Waals surface area contributed by atoms with Gasteiger partial charge in [0.2, 0.25) is 0 Å². The van der Waals surface area contributed by atoms with Crippen LogP contribution < -0.4 is 5.32 Å². The number of hydrogen-bond donors (Lipinski definition) is 1. The Morgan fingerprint density at radius 1 is 1.05 bits per heavy atom. The van der Waals surface area contributed by atoms with E-state index >= 15 is 0 Å². The average molecular weight is 309 g/mol. The highest BCUT2D eigenvalue weighted by molar-refractivity contribution is 7.19. The Hall–Kier alpha value is -2.13. The summed E-state index contributed by atoms with van der Waals surface area (Å²) in [5.74, 6) is 0.0110. The monoisotopic (exact) mass is 309 g/mol. The smallest absolute Gasteiger partial charge is 0.251 e. The predicted molar refractivity (Wildman–Crippen MR) is 93.8 cm³/mol. The van der Waals surface area contributed by atoms with E-state index < -0.39 is 0 Å². The zero-order valence-corrected chi connectivity index (χ0v) is 13.7. The van der Waals surface area contributed by atoms with Crippen LogP contribution >= 0.6 is 11.3 Å². The Labute approximate surface area is 134 Å². The minimum atomic E-state index is 0.0110. The third-order valence-corrected chi connectivity index (χ3v) is 5.30. The maximum Gasteiger partial charge on any atom is 0.251 e. The van der Waals surface area contributed by atoms with Crippen LogP contribution in [0.1, 0.15) is 26.4 Å². The van der Waals surface area contributed by atoms with Crippen molar-refractivity contribution < 1.29 is 4.79 Å². The van der Waals surface area contributed by atoms with E-state index in [0.29, 0.717) is 6.54 Å². The average Bonchev–Trinajstić information content (AvgIpc) is 2.84. The van der Waals surface area contributed by atoms with Gasteiger partial charge in [0.15, 0.2) is 0 Å². The molecule has 112 valence electrons. The molecule has 0 atom stereocenters. The second-order valence-corrected chi connectivity index (χ2v) is 6.60. The topological polar surface area (TPSA) is 29.1 Å². The molecule has 1 heterocycles. The van der Waals surface area contributed by atoms with Gasteiger partial charge in [-0.1, -0.05) is 36.4 Å². The second kappa shape index (κ2) is 6.32. The molecule has 3 heteroatoms. The third kappa shape index (κ3) is 2.90. The maximum absolute atomic E-state index is 12.2. The number of benzene rings is 2. The molecular formula is C19H19NOS. The van der Waals surface area contributed by atoms with E-state index in [1.165, 1.54) is 20.5 Å². The molecule has 0 unspecified atom stereocenters. The number of nitrogens with one attached hydrogen (secondary N) is 1. The summed E-state index contributed by atoms with van der Waals surface area (Å²) >= 11 is 1.82. The van der Waals surface area contributed by atoms with Gasteiger partial charge in [-0.3, -0.25) is 4.79 Å². The molecule has 0 radical (unpaired) electrons. The SMILES string of the molecule is Cc1ccccc1C(=O)NCCc1sc2ccccc2c1C. The number of aryl methyl sites for hydroxylation is 2. The molecular weight excluding hydrogens is 290 g/mol. The first kappa shape index (κ1) is 14.8. The van der Waals surface area contributed by atoms with Crippen molar-refractivity contribution in [2.24, 2.45) is 0 Å². The van der Waals surface area contributed by atoms with Crippen molar-refractivity contribution in [2.45, 2.75) is 20.3 Å². The Bertz CT molecular complexity index is 819. The number of carbonyl (C=O) groups excluding carboxylic acids is 1. The van der Waals surface area contributed by atoms with Gasteiger partial charge in [-0.2, -0.15) is 0 Å². The number of fused-ring (bicyclic) bond motifs is 1. The molecule has 0 bridgehead atoms. The largest absolute Gasteiger partial charge is 0.352 e. The van der Waals surface area contributed by atoms with E-state index in [9.17, 15) is 4.79 Å². The van der Waals surface area contributed by atoms with Gasteiger partial charge in [0.1, 0.15) is 0 Å². The van der Waals surface area contributed by atoms with Gasteiger partial charge < -0.3 is 5.32 Å². The number of thiophene rings is 1. The van der Waals surface area contributed by atoms with E-state index in [2.05, 4.69) is 36.5 Å². The minimum absolute atomic E-state index is 0.0110. The van der Waals surface area contributed by atoms with Crippen LogP contribution in [0.15, 0.2) is 48.5 Å². The van der Waals surface area contributed by atoms with Gasteiger partial charge in [-0.15, -0.1) is 11.3 Å². The zero-order valence-electron chi connectivity index (χ0n) is 12.8. The quantitative estimate of drug-likeness (QED) is 0.756. The summed E-state index contributed by atoms with van der Waals surface area (Å²) in [7, 11) is 0. The molecule has 0 aliphatic carbocycles. The van der Waals surface area contributed by atoms with Crippen LogP contribution in [0.25, 0.3) is 10.1 Å². The number of hydrogen-bond acceptors (Lipinski definition) is 2. The van der Waals surface area contributed by atoms with Crippen LogP contribution in [0.2, 0.25) is 0 Å². The molecule has 3 rings (SSSR count). The van der Waals surface area contributed by atoms with Crippen LogP contribution in [-0.4, -0.2) is 12.5 Å². The van der Waals surface area contributed by atoms with Gasteiger partial charge in [-0.25, -0.2) is 0 Å². The predicted octanol–water partition coefficient (Wildman–Crippen LogP) is 4.49. The molecule has 0 spiro atoms. The van der Waals surface area contributed by atoms with Gasteiger partial charge in [-0.05, 0) is 48.9 Å². The minimum Gasteiger partial charge on any atom is -0.352 e. The molecule has 3 aromatic rings. The lowest BCUT2D eigenvalue weighted by Crippen LogP contribution is -2.26. The van der Waals surface area contributed by atoms with E-state index in [-0.39, 0.29) is 5.91 Å². The summed E-state index contributed by atoms with van der Waals surface area (Å²) in [6.45, 7) is 4.79. The lowest BCUT2D eigenvalue weighted by Gasteiger charge is -2.07. The van der Waals surface area contributed by atoms with Crippen LogP contribution in [-0.2, 0) is 6.42 Å². The molecule has 22 heavy (non-hydrogen) atoms. The summed E-state index contributed by atoms with van der Waals surface area (Å²) in [6.07, 6.45) is 0.878. The van der Waals surface area contributed by atoms with E-state index in [0.717, 1.165) is 17.5 Å². The van der Waals surface area contributed by atoms with Gasteiger partial charge in [0.25, 0.3) is 5.91 Å². The molecule has 0 fully saturated rings. The van der Waals surface area contributed by atoms with Crippen molar-refractivity contribution in [3.8, 4) is 0 Å². The van der Waals surface area contributed by atoms with Crippen LogP contribution in [0.3, 0.4) is 0 Å². The standard InChI is InChI=1S/C19H19NOS/c1-13-7-3-4-8-15(13)19(21)20-12-11-17-14(2)16-9-5-6-10-18(16)22-17/h3-10H,11-12H2,1-2H3,(H,20,21). The van der Waals surface area contributed by atoms with Crippen molar-refractivity contribution in [3.63, 3.8) is 0 Å². The first-order chi connectivity index (χ1) is 10.7. The summed E-state index contributed by atoms with van der Waals surface area (Å²) < 4.78 is 1.32. The van der Waals surface area contributed by atoms with E-state index in [1.807, 2.05) is 42.5 Å². The third-order valence-electron chi connectivity index (χ3n) is 3.97. The fourth-order valence-corrected chi connectivity index (χ4v) is 3.89. The number of carbonyl (C=O) groups is 1. The first-order valence-electron chi connectivity index (χ1n) is 7.47. The maximum atomic E-state index is 12.2. The van der Waals surface area contributed by atoms with Crippen molar-refractivity contribution in [2.75, 3.05) is 6.54 Å². The fourth-order valence-electron chi connectivity index (χ4n) is 2.68. The molecule has 2 aromatic carbocycles. The highest BCUT2D eigenvalue weighted by Gasteiger charge is 2.10. The van der Waals surface area contributed by atoms with Crippen LogP contribution in [0.5, 0.6) is 0 Å². The summed E-state index contributed by atoms with van der Waals surface area (Å²) in [6, 6.07) is 16.2. The molecule has 0 saturated heterocycles. The van der Waals surface area contributed by atoms with E-state index in [4.69, 9.17) is 0 Å². The Morgan fingerprint density at radius 2 is 1.77 bits per heavy atom. The Morgan fingerprint density at radius 3 is 2.55 bits per heavy atom. The first-order valence-corrected chi connectivity index (χ1v) is 8.29. The molecule has 2 nitrogen and oxygen atoms in total. The molecule has 0 saturated carbocycles. The molecule has 1 amide bonds. The Kier molecular flexibility index (Phi) is 4.25. The molecule has 1 aromatic heterocycles.